The van der Waals surface area contributed by atoms with Crippen LogP contribution in [0.15, 0.2) is 34.9 Å². The highest BCUT2D eigenvalue weighted by Gasteiger charge is 2.21. The zero-order valence-corrected chi connectivity index (χ0v) is 14.7. The molecule has 5 nitrogen and oxygen atoms in total. The first-order chi connectivity index (χ1) is 10.7. The zero-order valence-electron chi connectivity index (χ0n) is 14.7. The normalized spacial score (nSPS) is 12.8. The Kier molecular flexibility index (Phi) is 4.78. The summed E-state index contributed by atoms with van der Waals surface area (Å²) in [6, 6.07) is 7.67. The molecular formula is C18H25N3O2. The summed E-state index contributed by atoms with van der Waals surface area (Å²) in [5.74, 6) is 1.55. The molecule has 124 valence electrons. The van der Waals surface area contributed by atoms with Gasteiger partial charge in [-0.15, -0.1) is 0 Å². The summed E-state index contributed by atoms with van der Waals surface area (Å²) in [5.41, 5.74) is 1.76. The average Bonchev–Trinajstić information content (AvgIpc) is 2.97. The van der Waals surface area contributed by atoms with Crippen molar-refractivity contribution in [1.29, 1.82) is 0 Å². The van der Waals surface area contributed by atoms with E-state index < -0.39 is 0 Å². The minimum atomic E-state index is -0.0517. The standard InChI is InChI=1S/C18H25N3O2/c1-12(17-19-11-16(23-17)18(3,4)5)20-14-7-9-15(10-8-14)21(6)13(2)22/h7-12,20H,1-6H3. The van der Waals surface area contributed by atoms with Crippen molar-refractivity contribution in [2.45, 2.75) is 46.1 Å². The molecule has 1 amide bonds. The van der Waals surface area contributed by atoms with E-state index in [9.17, 15) is 4.79 Å². The fraction of sp³-hybridized carbons (Fsp3) is 0.444. The maximum atomic E-state index is 11.4. The molecule has 0 aliphatic heterocycles. The lowest BCUT2D eigenvalue weighted by atomic mass is 9.94. The van der Waals surface area contributed by atoms with Crippen molar-refractivity contribution in [2.24, 2.45) is 0 Å². The van der Waals surface area contributed by atoms with Gasteiger partial charge in [0, 0.05) is 30.8 Å². The molecule has 1 aromatic carbocycles. The number of carbonyl (C=O) groups is 1. The number of oxazole rings is 1. The zero-order chi connectivity index (χ0) is 17.2. The van der Waals surface area contributed by atoms with Gasteiger partial charge in [-0.2, -0.15) is 0 Å². The summed E-state index contributed by atoms with van der Waals surface area (Å²) in [7, 11) is 1.76. The highest BCUT2D eigenvalue weighted by atomic mass is 16.4. The van der Waals surface area contributed by atoms with E-state index in [2.05, 4.69) is 31.1 Å². The van der Waals surface area contributed by atoms with Gasteiger partial charge in [0.1, 0.15) is 11.8 Å². The molecule has 0 aliphatic carbocycles. The van der Waals surface area contributed by atoms with Crippen LogP contribution in [0.3, 0.4) is 0 Å². The van der Waals surface area contributed by atoms with Crippen LogP contribution in [0.5, 0.6) is 0 Å². The number of nitrogens with one attached hydrogen (secondary N) is 1. The lowest BCUT2D eigenvalue weighted by molar-refractivity contribution is -0.116. The van der Waals surface area contributed by atoms with Crippen LogP contribution in [0.2, 0.25) is 0 Å². The smallest absolute Gasteiger partial charge is 0.223 e. The quantitative estimate of drug-likeness (QED) is 0.921. The van der Waals surface area contributed by atoms with Gasteiger partial charge in [0.05, 0.1) is 6.20 Å². The monoisotopic (exact) mass is 315 g/mol. The molecule has 2 rings (SSSR count). The first-order valence-corrected chi connectivity index (χ1v) is 7.75. The van der Waals surface area contributed by atoms with Gasteiger partial charge in [-0.25, -0.2) is 4.98 Å². The Morgan fingerprint density at radius 1 is 1.26 bits per heavy atom. The molecule has 1 heterocycles. The van der Waals surface area contributed by atoms with Crippen molar-refractivity contribution in [3.8, 4) is 0 Å². The van der Waals surface area contributed by atoms with Crippen LogP contribution in [0.25, 0.3) is 0 Å². The van der Waals surface area contributed by atoms with Crippen molar-refractivity contribution in [3.05, 3.63) is 42.1 Å². The highest BCUT2D eigenvalue weighted by molar-refractivity contribution is 5.91. The number of aromatic nitrogens is 1. The topological polar surface area (TPSA) is 58.4 Å². The summed E-state index contributed by atoms with van der Waals surface area (Å²) in [5, 5.41) is 3.36. The number of anilines is 2. The Morgan fingerprint density at radius 2 is 1.87 bits per heavy atom. The van der Waals surface area contributed by atoms with Crippen LogP contribution < -0.4 is 10.2 Å². The number of benzene rings is 1. The highest BCUT2D eigenvalue weighted by Crippen LogP contribution is 2.27. The van der Waals surface area contributed by atoms with Crippen LogP contribution in [0.1, 0.15) is 52.3 Å². The second-order valence-electron chi connectivity index (χ2n) is 6.80. The Balaban J connectivity index is 2.07. The molecule has 0 bridgehead atoms. The largest absolute Gasteiger partial charge is 0.443 e. The Hall–Kier alpha value is -2.30. The summed E-state index contributed by atoms with van der Waals surface area (Å²) < 4.78 is 5.85. The van der Waals surface area contributed by atoms with Crippen LogP contribution in [-0.2, 0) is 10.2 Å². The van der Waals surface area contributed by atoms with Crippen LogP contribution >= 0.6 is 0 Å². The van der Waals surface area contributed by atoms with Gasteiger partial charge < -0.3 is 14.6 Å². The second kappa shape index (κ2) is 6.44. The molecule has 0 aliphatic rings. The lowest BCUT2D eigenvalue weighted by Crippen LogP contribution is -2.22. The molecule has 0 saturated heterocycles. The fourth-order valence-electron chi connectivity index (χ4n) is 2.11. The summed E-state index contributed by atoms with van der Waals surface area (Å²) in [6.07, 6.45) is 1.79. The van der Waals surface area contributed by atoms with Gasteiger partial charge in [0.15, 0.2) is 0 Å². The minimum absolute atomic E-state index is 0.00794. The predicted octanol–water partition coefficient (Wildman–Crippen LogP) is 4.13. The number of carbonyl (C=O) groups excluding carboxylic acids is 1. The number of rotatable bonds is 4. The summed E-state index contributed by atoms with van der Waals surface area (Å²) >= 11 is 0. The molecule has 1 N–H and O–H groups in total. The van der Waals surface area contributed by atoms with E-state index in [0.29, 0.717) is 5.89 Å². The SMILES string of the molecule is CC(=O)N(C)c1ccc(NC(C)c2ncc(C(C)(C)C)o2)cc1. The molecule has 1 atom stereocenters. The van der Waals surface area contributed by atoms with Crippen molar-refractivity contribution >= 4 is 17.3 Å². The lowest BCUT2D eigenvalue weighted by Gasteiger charge is -2.17. The molecule has 0 saturated carbocycles. The molecular weight excluding hydrogens is 290 g/mol. The molecule has 1 unspecified atom stereocenters. The van der Waals surface area contributed by atoms with E-state index in [0.717, 1.165) is 17.1 Å². The number of hydrogen-bond donors (Lipinski definition) is 1. The van der Waals surface area contributed by atoms with E-state index >= 15 is 0 Å². The van der Waals surface area contributed by atoms with Crippen molar-refractivity contribution in [1.82, 2.24) is 4.98 Å². The third-order valence-electron chi connectivity index (χ3n) is 3.74. The summed E-state index contributed by atoms with van der Waals surface area (Å²) in [4.78, 5) is 17.3. The minimum Gasteiger partial charge on any atom is -0.443 e. The number of nitrogens with zero attached hydrogens (tertiary/aromatic N) is 2. The van der Waals surface area contributed by atoms with Crippen LogP contribution in [-0.4, -0.2) is 17.9 Å². The Labute approximate surface area is 137 Å². The first kappa shape index (κ1) is 17.1. The Bertz CT molecular complexity index is 668. The van der Waals surface area contributed by atoms with Gasteiger partial charge in [0.25, 0.3) is 0 Å². The van der Waals surface area contributed by atoms with Crippen molar-refractivity contribution < 1.29 is 9.21 Å². The second-order valence-corrected chi connectivity index (χ2v) is 6.80. The molecule has 1 aromatic heterocycles. The third-order valence-corrected chi connectivity index (χ3v) is 3.74. The van der Waals surface area contributed by atoms with Gasteiger partial charge in [-0.1, -0.05) is 20.8 Å². The molecule has 0 spiro atoms. The third kappa shape index (κ3) is 4.12. The van der Waals surface area contributed by atoms with Gasteiger partial charge >= 0.3 is 0 Å². The van der Waals surface area contributed by atoms with Gasteiger partial charge in [0.2, 0.25) is 11.8 Å². The number of amides is 1. The van der Waals surface area contributed by atoms with Crippen LogP contribution in [0, 0.1) is 0 Å². The molecule has 2 aromatic rings. The van der Waals surface area contributed by atoms with Gasteiger partial charge in [-0.3, -0.25) is 4.79 Å². The molecule has 5 heteroatoms. The molecule has 23 heavy (non-hydrogen) atoms. The first-order valence-electron chi connectivity index (χ1n) is 7.75. The van der Waals surface area contributed by atoms with E-state index in [1.165, 1.54) is 0 Å². The molecule has 0 fully saturated rings. The average molecular weight is 315 g/mol. The molecule has 0 radical (unpaired) electrons. The van der Waals surface area contributed by atoms with Gasteiger partial charge in [-0.05, 0) is 31.2 Å². The maximum Gasteiger partial charge on any atom is 0.223 e. The fourth-order valence-corrected chi connectivity index (χ4v) is 2.11. The van der Waals surface area contributed by atoms with E-state index in [4.69, 9.17) is 4.42 Å². The van der Waals surface area contributed by atoms with Crippen molar-refractivity contribution in [3.63, 3.8) is 0 Å². The predicted molar refractivity (Wildman–Crippen MR) is 92.8 cm³/mol. The van der Waals surface area contributed by atoms with E-state index in [1.807, 2.05) is 31.2 Å². The van der Waals surface area contributed by atoms with E-state index in [1.54, 1.807) is 25.1 Å². The van der Waals surface area contributed by atoms with E-state index in [-0.39, 0.29) is 17.4 Å². The van der Waals surface area contributed by atoms with Crippen molar-refractivity contribution in [2.75, 3.05) is 17.3 Å². The Morgan fingerprint density at radius 3 is 2.35 bits per heavy atom. The van der Waals surface area contributed by atoms with Crippen LogP contribution in [0.4, 0.5) is 11.4 Å². The number of hydrogen-bond acceptors (Lipinski definition) is 4. The maximum absolute atomic E-state index is 11.4. The summed E-state index contributed by atoms with van der Waals surface area (Å²) in [6.45, 7) is 9.84.